The van der Waals surface area contributed by atoms with Crippen LogP contribution in [0.25, 0.3) is 0 Å². The molecule has 1 saturated heterocycles. The van der Waals surface area contributed by atoms with Gasteiger partial charge in [-0.1, -0.05) is 11.6 Å². The van der Waals surface area contributed by atoms with Gasteiger partial charge in [0.1, 0.15) is 0 Å². The molecule has 0 saturated carbocycles. The predicted octanol–water partition coefficient (Wildman–Crippen LogP) is 2.17. The topological polar surface area (TPSA) is 44.4 Å². The Labute approximate surface area is 106 Å². The molecule has 1 atom stereocenters. The van der Waals surface area contributed by atoms with E-state index < -0.39 is 0 Å². The predicted molar refractivity (Wildman–Crippen MR) is 69.5 cm³/mol. The van der Waals surface area contributed by atoms with E-state index in [1.54, 1.807) is 24.3 Å². The number of benzene rings is 1. The molecular weight excluding hydrogens is 238 g/mol. The maximum absolute atomic E-state index is 12.0. The first-order valence-corrected chi connectivity index (χ1v) is 6.08. The van der Waals surface area contributed by atoms with Crippen molar-refractivity contribution >= 4 is 23.3 Å². The average Bonchev–Trinajstić information content (AvgIpc) is 2.32. The molecule has 1 fully saturated rings. The van der Waals surface area contributed by atoms with Gasteiger partial charge in [0.05, 0.1) is 0 Å². The van der Waals surface area contributed by atoms with Crippen LogP contribution in [0.15, 0.2) is 24.3 Å². The molecule has 2 amide bonds. The molecule has 1 aliphatic heterocycles. The fourth-order valence-electron chi connectivity index (χ4n) is 1.87. The Kier molecular flexibility index (Phi) is 3.86. The Balaban J connectivity index is 1.98. The summed E-state index contributed by atoms with van der Waals surface area (Å²) in [6.45, 7) is 4.46. The van der Waals surface area contributed by atoms with Crippen LogP contribution >= 0.6 is 11.6 Å². The third kappa shape index (κ3) is 3.11. The van der Waals surface area contributed by atoms with Crippen LogP contribution in [-0.4, -0.2) is 36.6 Å². The van der Waals surface area contributed by atoms with E-state index in [2.05, 4.69) is 10.6 Å². The lowest BCUT2D eigenvalue weighted by Gasteiger charge is -2.33. The van der Waals surface area contributed by atoms with Gasteiger partial charge in [-0.05, 0) is 31.2 Å². The van der Waals surface area contributed by atoms with E-state index in [1.807, 2.05) is 11.8 Å². The molecule has 17 heavy (non-hydrogen) atoms. The van der Waals surface area contributed by atoms with Gasteiger partial charge in [-0.2, -0.15) is 0 Å². The summed E-state index contributed by atoms with van der Waals surface area (Å²) >= 11 is 5.79. The molecule has 1 aliphatic rings. The van der Waals surface area contributed by atoms with Gasteiger partial charge in [0, 0.05) is 36.4 Å². The molecule has 5 heteroatoms. The molecule has 0 unspecified atom stereocenters. The van der Waals surface area contributed by atoms with Gasteiger partial charge in [-0.3, -0.25) is 0 Å². The second-order valence-corrected chi connectivity index (χ2v) is 4.62. The largest absolute Gasteiger partial charge is 0.322 e. The molecule has 0 radical (unpaired) electrons. The zero-order valence-corrected chi connectivity index (χ0v) is 10.5. The zero-order chi connectivity index (χ0) is 12.3. The number of hydrogen-bond acceptors (Lipinski definition) is 2. The molecule has 0 aromatic heterocycles. The van der Waals surface area contributed by atoms with Crippen LogP contribution in [-0.2, 0) is 0 Å². The minimum absolute atomic E-state index is 0.0543. The Morgan fingerprint density at radius 2 is 2.18 bits per heavy atom. The quantitative estimate of drug-likeness (QED) is 0.806. The van der Waals surface area contributed by atoms with Gasteiger partial charge in [-0.15, -0.1) is 0 Å². The molecule has 4 nitrogen and oxygen atoms in total. The summed E-state index contributed by atoms with van der Waals surface area (Å²) in [5.74, 6) is 0. The van der Waals surface area contributed by atoms with Crippen LogP contribution < -0.4 is 10.6 Å². The molecule has 2 N–H and O–H groups in total. The molecule has 1 heterocycles. The molecule has 1 aromatic carbocycles. The molecule has 0 spiro atoms. The van der Waals surface area contributed by atoms with Crippen molar-refractivity contribution in [1.82, 2.24) is 10.2 Å². The standard InChI is InChI=1S/C12H16ClN3O/c1-9-8-14-6-7-16(9)12(17)15-11-4-2-10(13)3-5-11/h2-5,9,14H,6-8H2,1H3,(H,15,17)/t9-/m0/s1. The summed E-state index contributed by atoms with van der Waals surface area (Å²) in [5, 5.41) is 6.79. The number of rotatable bonds is 1. The lowest BCUT2D eigenvalue weighted by atomic mass is 10.2. The highest BCUT2D eigenvalue weighted by atomic mass is 35.5. The number of piperazine rings is 1. The van der Waals surface area contributed by atoms with E-state index in [0.717, 1.165) is 25.3 Å². The summed E-state index contributed by atoms with van der Waals surface area (Å²) < 4.78 is 0. The van der Waals surface area contributed by atoms with Gasteiger partial charge in [0.25, 0.3) is 0 Å². The molecule has 2 rings (SSSR count). The van der Waals surface area contributed by atoms with Gasteiger partial charge in [0.15, 0.2) is 0 Å². The summed E-state index contributed by atoms with van der Waals surface area (Å²) in [5.41, 5.74) is 0.769. The fourth-order valence-corrected chi connectivity index (χ4v) is 2.00. The first-order chi connectivity index (χ1) is 8.16. The van der Waals surface area contributed by atoms with Crippen LogP contribution in [0, 0.1) is 0 Å². The molecule has 0 aliphatic carbocycles. The van der Waals surface area contributed by atoms with Crippen molar-refractivity contribution < 1.29 is 4.79 Å². The number of anilines is 1. The number of hydrogen-bond donors (Lipinski definition) is 2. The lowest BCUT2D eigenvalue weighted by molar-refractivity contribution is 0.177. The van der Waals surface area contributed by atoms with Crippen LogP contribution in [0.2, 0.25) is 5.02 Å². The van der Waals surface area contributed by atoms with Crippen LogP contribution in [0.3, 0.4) is 0 Å². The van der Waals surface area contributed by atoms with Crippen molar-refractivity contribution in [1.29, 1.82) is 0 Å². The summed E-state index contributed by atoms with van der Waals surface area (Å²) in [7, 11) is 0. The maximum Gasteiger partial charge on any atom is 0.322 e. The van der Waals surface area contributed by atoms with Crippen molar-refractivity contribution in [2.75, 3.05) is 25.0 Å². The smallest absolute Gasteiger partial charge is 0.319 e. The van der Waals surface area contributed by atoms with E-state index in [4.69, 9.17) is 11.6 Å². The van der Waals surface area contributed by atoms with E-state index in [-0.39, 0.29) is 12.1 Å². The third-order valence-corrected chi connectivity index (χ3v) is 3.11. The molecule has 92 valence electrons. The van der Waals surface area contributed by atoms with E-state index >= 15 is 0 Å². The minimum atomic E-state index is -0.0543. The molecule has 1 aromatic rings. The first kappa shape index (κ1) is 12.2. The number of nitrogens with one attached hydrogen (secondary N) is 2. The molecular formula is C12H16ClN3O. The summed E-state index contributed by atoms with van der Waals surface area (Å²) in [4.78, 5) is 13.9. The SMILES string of the molecule is C[C@H]1CNCCN1C(=O)Nc1ccc(Cl)cc1. The van der Waals surface area contributed by atoms with Crippen LogP contribution in [0.1, 0.15) is 6.92 Å². The van der Waals surface area contributed by atoms with Crippen molar-refractivity contribution in [3.63, 3.8) is 0 Å². The van der Waals surface area contributed by atoms with Crippen molar-refractivity contribution in [2.24, 2.45) is 0 Å². The highest BCUT2D eigenvalue weighted by Gasteiger charge is 2.22. The third-order valence-electron chi connectivity index (χ3n) is 2.86. The average molecular weight is 254 g/mol. The van der Waals surface area contributed by atoms with Crippen LogP contribution in [0.5, 0.6) is 0 Å². The van der Waals surface area contributed by atoms with E-state index in [1.165, 1.54) is 0 Å². The highest BCUT2D eigenvalue weighted by Crippen LogP contribution is 2.14. The maximum atomic E-state index is 12.0. The van der Waals surface area contributed by atoms with Gasteiger partial charge >= 0.3 is 6.03 Å². The Bertz CT molecular complexity index is 393. The number of carbonyl (C=O) groups is 1. The zero-order valence-electron chi connectivity index (χ0n) is 9.74. The van der Waals surface area contributed by atoms with Gasteiger partial charge in [-0.25, -0.2) is 4.79 Å². The highest BCUT2D eigenvalue weighted by molar-refractivity contribution is 6.30. The Morgan fingerprint density at radius 3 is 2.82 bits per heavy atom. The number of amides is 2. The van der Waals surface area contributed by atoms with Crippen LogP contribution in [0.4, 0.5) is 10.5 Å². The first-order valence-electron chi connectivity index (χ1n) is 5.71. The Morgan fingerprint density at radius 1 is 1.47 bits per heavy atom. The van der Waals surface area contributed by atoms with Crippen molar-refractivity contribution in [2.45, 2.75) is 13.0 Å². The lowest BCUT2D eigenvalue weighted by Crippen LogP contribution is -2.53. The summed E-state index contributed by atoms with van der Waals surface area (Å²) in [6.07, 6.45) is 0. The second-order valence-electron chi connectivity index (χ2n) is 4.18. The monoisotopic (exact) mass is 253 g/mol. The number of carbonyl (C=O) groups excluding carboxylic acids is 1. The van der Waals surface area contributed by atoms with Gasteiger partial charge < -0.3 is 15.5 Å². The van der Waals surface area contributed by atoms with E-state index in [9.17, 15) is 4.79 Å². The number of halogens is 1. The second kappa shape index (κ2) is 5.38. The Hall–Kier alpha value is -1.26. The normalized spacial score (nSPS) is 20.1. The van der Waals surface area contributed by atoms with Gasteiger partial charge in [0.2, 0.25) is 0 Å². The molecule has 0 bridgehead atoms. The number of urea groups is 1. The number of nitrogens with zero attached hydrogens (tertiary/aromatic N) is 1. The van der Waals surface area contributed by atoms with E-state index in [0.29, 0.717) is 5.02 Å². The fraction of sp³-hybridized carbons (Fsp3) is 0.417. The minimum Gasteiger partial charge on any atom is -0.319 e. The summed E-state index contributed by atoms with van der Waals surface area (Å²) in [6, 6.07) is 7.29. The van der Waals surface area contributed by atoms with Crippen molar-refractivity contribution in [3.05, 3.63) is 29.3 Å². The van der Waals surface area contributed by atoms with Crippen molar-refractivity contribution in [3.8, 4) is 0 Å².